The molecular weight excluding hydrogens is 300 g/mol. The third-order valence-electron chi connectivity index (χ3n) is 3.77. The molecule has 0 aliphatic rings. The average Bonchev–Trinajstić information content (AvgIpc) is 3.04. The third kappa shape index (κ3) is 4.06. The van der Waals surface area contributed by atoms with Crippen molar-refractivity contribution in [2.45, 2.75) is 39.3 Å². The zero-order valence-electron chi connectivity index (χ0n) is 14.3. The Kier molecular flexibility index (Phi) is 4.71. The molecule has 0 saturated heterocycles. The van der Waals surface area contributed by atoms with Crippen LogP contribution in [-0.4, -0.2) is 15.2 Å². The summed E-state index contributed by atoms with van der Waals surface area (Å²) in [5.74, 6) is 1.12. The molecule has 1 N–H and O–H groups in total. The molecule has 5 nitrogen and oxygen atoms in total. The second kappa shape index (κ2) is 6.93. The van der Waals surface area contributed by atoms with Gasteiger partial charge in [-0.3, -0.25) is 4.98 Å². The molecule has 3 aromatic rings. The summed E-state index contributed by atoms with van der Waals surface area (Å²) in [5, 5.41) is 11.5. The second-order valence-electron chi connectivity index (χ2n) is 6.75. The van der Waals surface area contributed by atoms with E-state index in [1.165, 1.54) is 5.56 Å². The number of pyridine rings is 1. The maximum atomic E-state index is 5.73. The van der Waals surface area contributed by atoms with Crippen molar-refractivity contribution in [1.82, 2.24) is 20.5 Å². The van der Waals surface area contributed by atoms with Crippen LogP contribution in [0.3, 0.4) is 0 Å². The SMILES string of the molecule is CC(C)(C)c1ccc(-c2nnc(CNCc3ccccn3)o2)cc1. The predicted octanol–water partition coefficient (Wildman–Crippen LogP) is 3.72. The van der Waals surface area contributed by atoms with Gasteiger partial charge in [0.15, 0.2) is 0 Å². The minimum Gasteiger partial charge on any atom is -0.419 e. The Labute approximate surface area is 142 Å². The number of aromatic nitrogens is 3. The van der Waals surface area contributed by atoms with Crippen LogP contribution in [0.15, 0.2) is 53.1 Å². The summed E-state index contributed by atoms with van der Waals surface area (Å²) < 4.78 is 5.73. The van der Waals surface area contributed by atoms with Crippen molar-refractivity contribution in [3.05, 3.63) is 65.8 Å². The Morgan fingerprint density at radius 2 is 1.75 bits per heavy atom. The standard InChI is InChI=1S/C19H22N4O/c1-19(2,3)15-9-7-14(8-10-15)18-23-22-17(24-18)13-20-12-16-6-4-5-11-21-16/h4-11,20H,12-13H2,1-3H3. The van der Waals surface area contributed by atoms with E-state index >= 15 is 0 Å². The molecule has 5 heteroatoms. The van der Waals surface area contributed by atoms with Crippen molar-refractivity contribution in [3.8, 4) is 11.5 Å². The number of benzene rings is 1. The van der Waals surface area contributed by atoms with Crippen LogP contribution in [0.2, 0.25) is 0 Å². The molecule has 0 spiro atoms. The maximum Gasteiger partial charge on any atom is 0.247 e. The molecule has 0 radical (unpaired) electrons. The van der Waals surface area contributed by atoms with Crippen LogP contribution in [0.5, 0.6) is 0 Å². The molecule has 0 fully saturated rings. The molecule has 1 aromatic carbocycles. The summed E-state index contributed by atoms with van der Waals surface area (Å²) in [6.45, 7) is 7.77. The number of rotatable bonds is 5. The predicted molar refractivity (Wildman–Crippen MR) is 93.2 cm³/mol. The molecule has 0 saturated carbocycles. The average molecular weight is 322 g/mol. The summed E-state index contributed by atoms with van der Waals surface area (Å²) in [7, 11) is 0. The first-order valence-corrected chi connectivity index (χ1v) is 8.06. The van der Waals surface area contributed by atoms with Crippen LogP contribution in [-0.2, 0) is 18.5 Å². The first kappa shape index (κ1) is 16.3. The molecule has 0 aliphatic carbocycles. The minimum atomic E-state index is 0.133. The van der Waals surface area contributed by atoms with Gasteiger partial charge in [-0.15, -0.1) is 10.2 Å². The van der Waals surface area contributed by atoms with Crippen molar-refractivity contribution in [2.75, 3.05) is 0 Å². The van der Waals surface area contributed by atoms with Gasteiger partial charge in [-0.2, -0.15) is 0 Å². The van der Waals surface area contributed by atoms with Crippen molar-refractivity contribution >= 4 is 0 Å². The van der Waals surface area contributed by atoms with E-state index in [0.717, 1.165) is 11.3 Å². The minimum absolute atomic E-state index is 0.133. The smallest absolute Gasteiger partial charge is 0.247 e. The summed E-state index contributed by atoms with van der Waals surface area (Å²) in [6, 6.07) is 14.1. The normalized spacial score (nSPS) is 11.6. The highest BCUT2D eigenvalue weighted by molar-refractivity contribution is 5.53. The van der Waals surface area contributed by atoms with E-state index in [1.807, 2.05) is 30.3 Å². The Balaban J connectivity index is 1.61. The number of hydrogen-bond donors (Lipinski definition) is 1. The highest BCUT2D eigenvalue weighted by atomic mass is 16.4. The van der Waals surface area contributed by atoms with Gasteiger partial charge >= 0.3 is 0 Å². The van der Waals surface area contributed by atoms with Crippen molar-refractivity contribution < 1.29 is 4.42 Å². The van der Waals surface area contributed by atoms with Crippen LogP contribution < -0.4 is 5.32 Å². The van der Waals surface area contributed by atoms with Crippen LogP contribution in [0.1, 0.15) is 37.9 Å². The van der Waals surface area contributed by atoms with Crippen LogP contribution in [0.25, 0.3) is 11.5 Å². The van der Waals surface area contributed by atoms with E-state index in [4.69, 9.17) is 4.42 Å². The Bertz CT molecular complexity index is 773. The van der Waals surface area contributed by atoms with E-state index in [-0.39, 0.29) is 5.41 Å². The van der Waals surface area contributed by atoms with Gasteiger partial charge in [-0.05, 0) is 35.2 Å². The van der Waals surface area contributed by atoms with Gasteiger partial charge in [0, 0.05) is 18.3 Å². The molecule has 0 unspecified atom stereocenters. The molecule has 0 amide bonds. The molecular formula is C19H22N4O. The number of nitrogens with one attached hydrogen (secondary N) is 1. The lowest BCUT2D eigenvalue weighted by Gasteiger charge is -2.18. The molecule has 0 aliphatic heterocycles. The van der Waals surface area contributed by atoms with Gasteiger partial charge in [0.05, 0.1) is 12.2 Å². The summed E-state index contributed by atoms with van der Waals surface area (Å²) in [5.41, 5.74) is 3.33. The van der Waals surface area contributed by atoms with Crippen molar-refractivity contribution in [2.24, 2.45) is 0 Å². The highest BCUT2D eigenvalue weighted by Gasteiger charge is 2.14. The van der Waals surface area contributed by atoms with Gasteiger partial charge in [-0.1, -0.05) is 39.0 Å². The first-order valence-electron chi connectivity index (χ1n) is 8.06. The van der Waals surface area contributed by atoms with Gasteiger partial charge in [-0.25, -0.2) is 0 Å². The summed E-state index contributed by atoms with van der Waals surface area (Å²) >= 11 is 0. The molecule has 3 rings (SSSR count). The van der Waals surface area contributed by atoms with E-state index < -0.39 is 0 Å². The Hall–Kier alpha value is -2.53. The molecule has 124 valence electrons. The summed E-state index contributed by atoms with van der Waals surface area (Å²) in [6.07, 6.45) is 1.78. The monoisotopic (exact) mass is 322 g/mol. The zero-order chi connectivity index (χ0) is 17.0. The fraction of sp³-hybridized carbons (Fsp3) is 0.316. The van der Waals surface area contributed by atoms with E-state index in [9.17, 15) is 0 Å². The first-order chi connectivity index (χ1) is 11.5. The lowest BCUT2D eigenvalue weighted by Crippen LogP contribution is -2.13. The quantitative estimate of drug-likeness (QED) is 0.775. The molecule has 0 bridgehead atoms. The van der Waals surface area contributed by atoms with Crippen molar-refractivity contribution in [3.63, 3.8) is 0 Å². The second-order valence-corrected chi connectivity index (χ2v) is 6.75. The third-order valence-corrected chi connectivity index (χ3v) is 3.77. The molecule has 0 atom stereocenters. The van der Waals surface area contributed by atoms with Gasteiger partial charge in [0.2, 0.25) is 11.8 Å². The maximum absolute atomic E-state index is 5.73. The lowest BCUT2D eigenvalue weighted by atomic mass is 9.87. The summed E-state index contributed by atoms with van der Waals surface area (Å²) in [4.78, 5) is 4.26. The molecule has 2 heterocycles. The van der Waals surface area contributed by atoms with Gasteiger partial charge in [0.25, 0.3) is 0 Å². The number of nitrogens with zero attached hydrogens (tertiary/aromatic N) is 3. The number of hydrogen-bond acceptors (Lipinski definition) is 5. The van der Waals surface area contributed by atoms with Crippen LogP contribution in [0, 0.1) is 0 Å². The molecule has 2 aromatic heterocycles. The largest absolute Gasteiger partial charge is 0.419 e. The van der Waals surface area contributed by atoms with E-state index in [1.54, 1.807) is 6.20 Å². The fourth-order valence-electron chi connectivity index (χ4n) is 2.35. The topological polar surface area (TPSA) is 63.8 Å². The van der Waals surface area contributed by atoms with Gasteiger partial charge in [0.1, 0.15) is 0 Å². The van der Waals surface area contributed by atoms with Gasteiger partial charge < -0.3 is 9.73 Å². The van der Waals surface area contributed by atoms with Crippen LogP contribution >= 0.6 is 0 Å². The van der Waals surface area contributed by atoms with Crippen LogP contribution in [0.4, 0.5) is 0 Å². The zero-order valence-corrected chi connectivity index (χ0v) is 14.3. The molecule has 24 heavy (non-hydrogen) atoms. The van der Waals surface area contributed by atoms with E-state index in [0.29, 0.717) is 24.9 Å². The van der Waals surface area contributed by atoms with E-state index in [2.05, 4.69) is 53.4 Å². The highest BCUT2D eigenvalue weighted by Crippen LogP contribution is 2.25. The fourth-order valence-corrected chi connectivity index (χ4v) is 2.35. The van der Waals surface area contributed by atoms with Crippen molar-refractivity contribution in [1.29, 1.82) is 0 Å². The Morgan fingerprint density at radius 1 is 0.958 bits per heavy atom. The lowest BCUT2D eigenvalue weighted by molar-refractivity contribution is 0.476. The Morgan fingerprint density at radius 3 is 2.42 bits per heavy atom.